The molecule has 122 valence electrons. The van der Waals surface area contributed by atoms with Crippen LogP contribution in [0.25, 0.3) is 0 Å². The SMILES string of the molecule is O=C(O)[C@]12CCCCC(CC1)C2NS(=O)(=O)c1ccc(Cl)s1. The number of carboxylic acid groups (broad SMARTS) is 1. The summed E-state index contributed by atoms with van der Waals surface area (Å²) in [5.74, 6) is -0.780. The van der Waals surface area contributed by atoms with Crippen molar-refractivity contribution < 1.29 is 18.3 Å². The highest BCUT2D eigenvalue weighted by Gasteiger charge is 2.55. The normalized spacial score (nSPS) is 31.9. The number of hydrogen-bond donors (Lipinski definition) is 2. The molecule has 2 bridgehead atoms. The summed E-state index contributed by atoms with van der Waals surface area (Å²) in [5, 5.41) is 9.73. The van der Waals surface area contributed by atoms with Crippen LogP contribution in [0.5, 0.6) is 0 Å². The van der Waals surface area contributed by atoms with Crippen molar-refractivity contribution in [1.29, 1.82) is 0 Å². The topological polar surface area (TPSA) is 83.5 Å². The van der Waals surface area contributed by atoms with E-state index in [2.05, 4.69) is 4.72 Å². The van der Waals surface area contributed by atoms with Gasteiger partial charge in [-0.2, -0.15) is 0 Å². The molecule has 2 unspecified atom stereocenters. The van der Waals surface area contributed by atoms with Crippen LogP contribution < -0.4 is 4.72 Å². The van der Waals surface area contributed by atoms with E-state index in [0.717, 1.165) is 37.0 Å². The Bertz CT molecular complexity index is 687. The molecule has 1 heterocycles. The zero-order valence-corrected chi connectivity index (χ0v) is 14.3. The Balaban J connectivity index is 1.94. The number of hydrogen-bond acceptors (Lipinski definition) is 4. The van der Waals surface area contributed by atoms with Crippen molar-refractivity contribution in [3.05, 3.63) is 16.5 Å². The first kappa shape index (κ1) is 16.2. The summed E-state index contributed by atoms with van der Waals surface area (Å²) in [6, 6.07) is 2.47. The Morgan fingerprint density at radius 2 is 2.09 bits per heavy atom. The molecule has 3 atom stereocenters. The van der Waals surface area contributed by atoms with Crippen LogP contribution in [0.2, 0.25) is 4.34 Å². The fourth-order valence-corrected chi connectivity index (χ4v) is 6.76. The number of carbonyl (C=O) groups is 1. The summed E-state index contributed by atoms with van der Waals surface area (Å²) >= 11 is 6.80. The minimum atomic E-state index is -3.73. The summed E-state index contributed by atoms with van der Waals surface area (Å²) in [5.41, 5.74) is -0.963. The third-order valence-electron chi connectivity index (χ3n) is 5.00. The van der Waals surface area contributed by atoms with Gasteiger partial charge in [-0.05, 0) is 43.7 Å². The lowest BCUT2D eigenvalue weighted by molar-refractivity contribution is -0.150. The summed E-state index contributed by atoms with van der Waals surface area (Å²) in [6.07, 6.45) is 4.54. The molecule has 0 aliphatic heterocycles. The van der Waals surface area contributed by atoms with Crippen molar-refractivity contribution in [2.24, 2.45) is 11.3 Å². The number of rotatable bonds is 4. The molecule has 8 heteroatoms. The molecule has 0 spiro atoms. The van der Waals surface area contributed by atoms with Gasteiger partial charge in [0, 0.05) is 6.04 Å². The smallest absolute Gasteiger partial charge is 0.311 e. The molecule has 2 N–H and O–H groups in total. The second-order valence-corrected chi connectivity index (χ2v) is 9.82. The van der Waals surface area contributed by atoms with Crippen molar-refractivity contribution in [2.75, 3.05) is 0 Å². The molecular weight excluding hydrogens is 346 g/mol. The third kappa shape index (κ3) is 2.68. The summed E-state index contributed by atoms with van der Waals surface area (Å²) in [4.78, 5) is 11.9. The number of fused-ring (bicyclic) bond motifs is 2. The quantitative estimate of drug-likeness (QED) is 0.860. The van der Waals surface area contributed by atoms with Crippen LogP contribution in [0.4, 0.5) is 0 Å². The lowest BCUT2D eigenvalue weighted by atomic mass is 9.78. The molecule has 1 aromatic heterocycles. The lowest BCUT2D eigenvalue weighted by Gasteiger charge is -2.32. The molecule has 2 saturated carbocycles. The molecule has 0 saturated heterocycles. The second kappa shape index (κ2) is 5.78. The van der Waals surface area contributed by atoms with Gasteiger partial charge in [0.1, 0.15) is 4.21 Å². The maximum Gasteiger partial charge on any atom is 0.311 e. The van der Waals surface area contributed by atoms with Crippen LogP contribution in [-0.2, 0) is 14.8 Å². The number of nitrogens with one attached hydrogen (secondary N) is 1. The largest absolute Gasteiger partial charge is 0.481 e. The highest BCUT2D eigenvalue weighted by molar-refractivity contribution is 7.91. The average molecular weight is 364 g/mol. The molecule has 1 aromatic rings. The maximum atomic E-state index is 12.6. The minimum absolute atomic E-state index is 0.101. The average Bonchev–Trinajstić information content (AvgIpc) is 2.93. The zero-order valence-electron chi connectivity index (χ0n) is 11.9. The molecule has 5 nitrogen and oxygen atoms in total. The Labute approximate surface area is 138 Å². The monoisotopic (exact) mass is 363 g/mol. The van der Waals surface area contributed by atoms with Gasteiger partial charge in [0.25, 0.3) is 0 Å². The van der Waals surface area contributed by atoms with Gasteiger partial charge in [-0.1, -0.05) is 24.4 Å². The second-order valence-electron chi connectivity index (χ2n) is 6.16. The first-order chi connectivity index (χ1) is 10.3. The van der Waals surface area contributed by atoms with Gasteiger partial charge in [-0.25, -0.2) is 13.1 Å². The highest BCUT2D eigenvalue weighted by Crippen LogP contribution is 2.50. The number of thiophene rings is 1. The zero-order chi connectivity index (χ0) is 16.0. The van der Waals surface area contributed by atoms with E-state index in [1.54, 1.807) is 0 Å². The van der Waals surface area contributed by atoms with Gasteiger partial charge in [-0.15, -0.1) is 11.3 Å². The molecule has 2 aliphatic carbocycles. The van der Waals surface area contributed by atoms with Gasteiger partial charge in [0.15, 0.2) is 0 Å². The van der Waals surface area contributed by atoms with Crippen LogP contribution in [-0.4, -0.2) is 25.5 Å². The summed E-state index contributed by atoms with van der Waals surface area (Å²) < 4.78 is 28.3. The number of sulfonamides is 1. The predicted octanol–water partition coefficient (Wildman–Crippen LogP) is 3.10. The number of halogens is 1. The van der Waals surface area contributed by atoms with Crippen molar-refractivity contribution >= 4 is 38.9 Å². The van der Waals surface area contributed by atoms with E-state index in [1.807, 2.05) is 0 Å². The molecular formula is C14H18ClNO4S2. The first-order valence-corrected chi connectivity index (χ1v) is 10.0. The Morgan fingerprint density at radius 3 is 2.73 bits per heavy atom. The van der Waals surface area contributed by atoms with Gasteiger partial charge in [0.05, 0.1) is 9.75 Å². The van der Waals surface area contributed by atoms with E-state index in [9.17, 15) is 18.3 Å². The van der Waals surface area contributed by atoms with Gasteiger partial charge < -0.3 is 5.11 Å². The Kier molecular flexibility index (Phi) is 4.26. The lowest BCUT2D eigenvalue weighted by Crippen LogP contribution is -2.50. The van der Waals surface area contributed by atoms with E-state index in [0.29, 0.717) is 17.2 Å². The minimum Gasteiger partial charge on any atom is -0.481 e. The Hall–Kier alpha value is -0.630. The standard InChI is InChI=1S/C14H18ClNO4S2/c15-10-4-5-11(21-10)22(19,20)16-12-9-3-1-2-7-14(12,8-6-9)13(17)18/h4-5,9,12,16H,1-3,6-8H2,(H,17,18)/t9?,12?,14-/m1/s1. The highest BCUT2D eigenvalue weighted by atomic mass is 35.5. The fraction of sp³-hybridized carbons (Fsp3) is 0.643. The molecule has 3 rings (SSSR count). The predicted molar refractivity (Wildman–Crippen MR) is 84.7 cm³/mol. The van der Waals surface area contributed by atoms with Gasteiger partial charge in [0.2, 0.25) is 10.0 Å². The van der Waals surface area contributed by atoms with Crippen molar-refractivity contribution in [3.8, 4) is 0 Å². The summed E-state index contributed by atoms with van der Waals surface area (Å²) in [7, 11) is -3.73. The number of carboxylic acids is 1. The van der Waals surface area contributed by atoms with Crippen molar-refractivity contribution in [2.45, 2.75) is 48.8 Å². The van der Waals surface area contributed by atoms with Crippen LogP contribution in [0.3, 0.4) is 0 Å². The maximum absolute atomic E-state index is 12.6. The number of aliphatic carboxylic acids is 1. The Morgan fingerprint density at radius 1 is 1.32 bits per heavy atom. The molecule has 2 aliphatic rings. The van der Waals surface area contributed by atoms with E-state index in [1.165, 1.54) is 12.1 Å². The molecule has 0 amide bonds. The summed E-state index contributed by atoms with van der Waals surface area (Å²) in [6.45, 7) is 0. The fourth-order valence-electron chi connectivity index (χ4n) is 3.88. The van der Waals surface area contributed by atoms with Crippen LogP contribution in [0.15, 0.2) is 16.3 Å². The van der Waals surface area contributed by atoms with E-state index in [4.69, 9.17) is 11.6 Å². The van der Waals surface area contributed by atoms with Gasteiger partial charge in [-0.3, -0.25) is 4.79 Å². The van der Waals surface area contributed by atoms with Crippen LogP contribution >= 0.6 is 22.9 Å². The van der Waals surface area contributed by atoms with E-state index >= 15 is 0 Å². The van der Waals surface area contributed by atoms with E-state index < -0.39 is 27.4 Å². The first-order valence-electron chi connectivity index (χ1n) is 7.36. The van der Waals surface area contributed by atoms with E-state index in [-0.39, 0.29) is 10.1 Å². The van der Waals surface area contributed by atoms with Crippen LogP contribution in [0.1, 0.15) is 38.5 Å². The van der Waals surface area contributed by atoms with Gasteiger partial charge >= 0.3 is 5.97 Å². The van der Waals surface area contributed by atoms with Crippen molar-refractivity contribution in [3.63, 3.8) is 0 Å². The van der Waals surface area contributed by atoms with Crippen LogP contribution in [0, 0.1) is 11.3 Å². The molecule has 0 radical (unpaired) electrons. The van der Waals surface area contributed by atoms with Crippen molar-refractivity contribution in [1.82, 2.24) is 4.72 Å². The molecule has 22 heavy (non-hydrogen) atoms. The molecule has 2 fully saturated rings. The third-order valence-corrected chi connectivity index (χ3v) is 8.16. The molecule has 0 aromatic carbocycles.